The maximum Gasteiger partial charge on any atom is 0.330 e. The first-order chi connectivity index (χ1) is 16.2. The van der Waals surface area contributed by atoms with Crippen molar-refractivity contribution in [2.24, 2.45) is 0 Å². The smallest absolute Gasteiger partial charge is 0.330 e. The molecule has 1 aromatic carbocycles. The van der Waals surface area contributed by atoms with Gasteiger partial charge in [-0.25, -0.2) is 18.3 Å². The summed E-state index contributed by atoms with van der Waals surface area (Å²) in [4.78, 5) is 15.3. The molecule has 1 unspecified atom stereocenters. The fraction of sp³-hybridized carbons (Fsp3) is 0.318. The van der Waals surface area contributed by atoms with Gasteiger partial charge in [-0.1, -0.05) is 6.07 Å². The van der Waals surface area contributed by atoms with Crippen molar-refractivity contribution >= 4 is 12.0 Å². The highest BCUT2D eigenvalue weighted by Crippen LogP contribution is 2.49. The summed E-state index contributed by atoms with van der Waals surface area (Å²) in [5.74, 6) is -6.69. The summed E-state index contributed by atoms with van der Waals surface area (Å²) in [6, 6.07) is 4.59. The second-order valence-corrected chi connectivity index (χ2v) is 7.03. The van der Waals surface area contributed by atoms with E-state index in [2.05, 4.69) is 20.5 Å². The molecule has 1 atom stereocenters. The fourth-order valence-corrected chi connectivity index (χ4v) is 3.36. The monoisotopic (exact) mass is 479 g/mol. The van der Waals surface area contributed by atoms with Gasteiger partial charge in [-0.05, 0) is 54.1 Å². The molecule has 0 saturated carbocycles. The van der Waals surface area contributed by atoms with E-state index in [1.165, 1.54) is 19.1 Å². The number of halogens is 4. The highest BCUT2D eigenvalue weighted by Gasteiger charge is 2.60. The first-order valence-corrected chi connectivity index (χ1v) is 10.2. The van der Waals surface area contributed by atoms with E-state index in [1.807, 2.05) is 0 Å². The van der Waals surface area contributed by atoms with Crippen LogP contribution in [-0.2, 0) is 32.3 Å². The topological polar surface area (TPSA) is 92.0 Å². The quantitative estimate of drug-likeness (QED) is 0.249. The number of carbonyl (C=O) groups is 1. The van der Waals surface area contributed by atoms with Crippen LogP contribution in [0, 0.1) is 11.6 Å². The van der Waals surface area contributed by atoms with E-state index in [1.54, 1.807) is 6.92 Å². The number of tetrazole rings is 1. The molecule has 34 heavy (non-hydrogen) atoms. The predicted octanol–water partition coefficient (Wildman–Crippen LogP) is 3.65. The zero-order valence-corrected chi connectivity index (χ0v) is 18.3. The summed E-state index contributed by atoms with van der Waals surface area (Å²) in [5.41, 5.74) is -3.66. The second kappa shape index (κ2) is 10.5. The van der Waals surface area contributed by atoms with Gasteiger partial charge in [0.25, 0.3) is 0 Å². The first kappa shape index (κ1) is 25.0. The number of nitrogens with zero attached hydrogens (tertiary/aromatic N) is 5. The SMILES string of the molecule is CCOC(=O)/C=C/c1ccc(C(F)(F)C(Cn2cnnn2)(OCC)c2ccc(F)cc2F)nc1. The molecular weight excluding hydrogens is 458 g/mol. The molecule has 12 heteroatoms. The van der Waals surface area contributed by atoms with E-state index in [0.717, 1.165) is 41.5 Å². The van der Waals surface area contributed by atoms with Crippen molar-refractivity contribution in [3.63, 3.8) is 0 Å². The number of rotatable bonds is 10. The van der Waals surface area contributed by atoms with Gasteiger partial charge < -0.3 is 9.47 Å². The van der Waals surface area contributed by atoms with E-state index in [4.69, 9.17) is 9.47 Å². The van der Waals surface area contributed by atoms with Crippen LogP contribution in [0.25, 0.3) is 6.08 Å². The average Bonchev–Trinajstić information content (AvgIpc) is 3.31. The summed E-state index contributed by atoms with van der Waals surface area (Å²) >= 11 is 0. The number of benzene rings is 1. The molecule has 0 bridgehead atoms. The minimum atomic E-state index is -3.93. The Labute approximate surface area is 192 Å². The van der Waals surface area contributed by atoms with Crippen molar-refractivity contribution in [3.8, 4) is 0 Å². The van der Waals surface area contributed by atoms with Crippen LogP contribution < -0.4 is 0 Å². The fourth-order valence-electron chi connectivity index (χ4n) is 3.36. The predicted molar refractivity (Wildman–Crippen MR) is 111 cm³/mol. The van der Waals surface area contributed by atoms with Crippen molar-refractivity contribution in [1.82, 2.24) is 25.2 Å². The van der Waals surface area contributed by atoms with Crippen LogP contribution in [0.15, 0.2) is 48.9 Å². The van der Waals surface area contributed by atoms with Crippen molar-refractivity contribution in [2.75, 3.05) is 13.2 Å². The highest BCUT2D eigenvalue weighted by atomic mass is 19.3. The van der Waals surface area contributed by atoms with Crippen LogP contribution in [0.5, 0.6) is 0 Å². The molecule has 0 radical (unpaired) electrons. The molecule has 0 spiro atoms. The lowest BCUT2D eigenvalue weighted by atomic mass is 9.84. The van der Waals surface area contributed by atoms with Crippen molar-refractivity contribution < 1.29 is 31.8 Å². The third kappa shape index (κ3) is 5.11. The minimum absolute atomic E-state index is 0.188. The van der Waals surface area contributed by atoms with Gasteiger partial charge in [0.2, 0.25) is 0 Å². The van der Waals surface area contributed by atoms with Gasteiger partial charge in [0.05, 0.1) is 13.2 Å². The van der Waals surface area contributed by atoms with E-state index in [9.17, 15) is 13.6 Å². The summed E-state index contributed by atoms with van der Waals surface area (Å²) < 4.78 is 72.0. The summed E-state index contributed by atoms with van der Waals surface area (Å²) in [5, 5.41) is 10.5. The number of aromatic nitrogens is 5. The number of hydrogen-bond donors (Lipinski definition) is 0. The number of pyridine rings is 1. The number of carbonyl (C=O) groups excluding carboxylic acids is 1. The van der Waals surface area contributed by atoms with Gasteiger partial charge in [-0.2, -0.15) is 8.78 Å². The lowest BCUT2D eigenvalue weighted by Gasteiger charge is -2.40. The molecule has 0 aliphatic heterocycles. The second-order valence-electron chi connectivity index (χ2n) is 7.03. The normalized spacial score (nSPS) is 13.7. The Balaban J connectivity index is 2.09. The molecular formula is C22H21F4N5O3. The molecule has 8 nitrogen and oxygen atoms in total. The third-order valence-electron chi connectivity index (χ3n) is 4.85. The molecule has 0 amide bonds. The van der Waals surface area contributed by atoms with Crippen molar-refractivity contribution in [3.05, 3.63) is 77.4 Å². The molecule has 3 aromatic rings. The molecule has 3 rings (SSSR count). The Morgan fingerprint density at radius 1 is 1.15 bits per heavy atom. The lowest BCUT2D eigenvalue weighted by molar-refractivity contribution is -0.233. The van der Waals surface area contributed by atoms with E-state index in [-0.39, 0.29) is 13.2 Å². The van der Waals surface area contributed by atoms with E-state index < -0.39 is 46.9 Å². The van der Waals surface area contributed by atoms with Gasteiger partial charge in [-0.15, -0.1) is 5.10 Å². The van der Waals surface area contributed by atoms with E-state index in [0.29, 0.717) is 11.6 Å². The largest absolute Gasteiger partial charge is 0.463 e. The molecule has 0 N–H and O–H groups in total. The number of hydrogen-bond acceptors (Lipinski definition) is 7. The number of alkyl halides is 2. The molecule has 0 aliphatic rings. The first-order valence-electron chi connectivity index (χ1n) is 10.2. The Kier molecular flexibility index (Phi) is 7.72. The van der Waals surface area contributed by atoms with Crippen LogP contribution in [0.4, 0.5) is 17.6 Å². The molecule has 180 valence electrons. The molecule has 0 aliphatic carbocycles. The van der Waals surface area contributed by atoms with Gasteiger partial charge in [-0.3, -0.25) is 4.98 Å². The average molecular weight is 479 g/mol. The highest BCUT2D eigenvalue weighted by molar-refractivity contribution is 5.86. The van der Waals surface area contributed by atoms with Crippen molar-refractivity contribution in [2.45, 2.75) is 31.9 Å². The van der Waals surface area contributed by atoms with Crippen LogP contribution >= 0.6 is 0 Å². The van der Waals surface area contributed by atoms with Gasteiger partial charge in [0.15, 0.2) is 5.60 Å². The zero-order chi connectivity index (χ0) is 24.8. The molecule has 0 fully saturated rings. The maximum absolute atomic E-state index is 16.1. The van der Waals surface area contributed by atoms with Gasteiger partial charge >= 0.3 is 11.9 Å². The Morgan fingerprint density at radius 3 is 2.53 bits per heavy atom. The number of esters is 1. The van der Waals surface area contributed by atoms with Gasteiger partial charge in [0, 0.05) is 30.5 Å². The van der Waals surface area contributed by atoms with E-state index >= 15 is 8.78 Å². The number of ether oxygens (including phenoxy) is 2. The molecule has 2 heterocycles. The zero-order valence-electron chi connectivity index (χ0n) is 18.3. The molecule has 0 saturated heterocycles. The lowest BCUT2D eigenvalue weighted by Crippen LogP contribution is -2.50. The standard InChI is InChI=1S/C22H21F4N5O3/c1-3-33-20(32)10-6-15-5-9-19(27-12-15)22(25,26)21(34-4-2,13-31-14-28-29-30-31)17-8-7-16(23)11-18(17)24/h5-12,14H,3-4,13H2,1-2H3/b10-6+. The van der Waals surface area contributed by atoms with Crippen molar-refractivity contribution in [1.29, 1.82) is 0 Å². The molecule has 2 aromatic heterocycles. The van der Waals surface area contributed by atoms with Gasteiger partial charge in [0.1, 0.15) is 23.7 Å². The Morgan fingerprint density at radius 2 is 1.94 bits per heavy atom. The van der Waals surface area contributed by atoms with Crippen LogP contribution in [0.2, 0.25) is 0 Å². The Hall–Kier alpha value is -3.67. The van der Waals surface area contributed by atoms with Crippen LogP contribution in [-0.4, -0.2) is 44.4 Å². The summed E-state index contributed by atoms with van der Waals surface area (Å²) in [6.45, 7) is 2.36. The van der Waals surface area contributed by atoms with Crippen LogP contribution in [0.3, 0.4) is 0 Å². The Bertz CT molecular complexity index is 1140. The minimum Gasteiger partial charge on any atom is -0.463 e. The maximum atomic E-state index is 16.1. The third-order valence-corrected chi connectivity index (χ3v) is 4.85. The summed E-state index contributed by atoms with van der Waals surface area (Å²) in [6.07, 6.45) is 4.67. The van der Waals surface area contributed by atoms with Crippen LogP contribution in [0.1, 0.15) is 30.7 Å². The summed E-state index contributed by atoms with van der Waals surface area (Å²) in [7, 11) is 0.